The maximum atomic E-state index is 13.7. The lowest BCUT2D eigenvalue weighted by molar-refractivity contribution is 0.498. The van der Waals surface area contributed by atoms with Gasteiger partial charge in [0.25, 0.3) is 0 Å². The van der Waals surface area contributed by atoms with Crippen LogP contribution in [-0.2, 0) is 6.42 Å². The van der Waals surface area contributed by atoms with E-state index in [0.29, 0.717) is 0 Å². The number of rotatable bonds is 3. The van der Waals surface area contributed by atoms with Crippen molar-refractivity contribution in [2.75, 3.05) is 0 Å². The molecule has 0 saturated carbocycles. The number of furan rings is 1. The fraction of sp³-hybridized carbons (Fsp3) is 0.125. The molecule has 3 aromatic rings. The van der Waals surface area contributed by atoms with E-state index in [-0.39, 0.29) is 12.0 Å². The van der Waals surface area contributed by atoms with Crippen LogP contribution in [0.15, 0.2) is 53.1 Å². The molecule has 0 bridgehead atoms. The third-order valence-electron chi connectivity index (χ3n) is 3.28. The summed E-state index contributed by atoms with van der Waals surface area (Å²) < 4.78 is 32.3. The van der Waals surface area contributed by atoms with E-state index in [2.05, 4.69) is 0 Å². The molecule has 0 radical (unpaired) electrons. The zero-order valence-electron chi connectivity index (χ0n) is 10.4. The summed E-state index contributed by atoms with van der Waals surface area (Å²) in [6.07, 6.45) is 1.77. The van der Waals surface area contributed by atoms with E-state index in [1.807, 2.05) is 24.3 Å². The summed E-state index contributed by atoms with van der Waals surface area (Å²) in [5.41, 5.74) is 1.77. The number of alkyl halides is 1. The molecule has 2 aromatic carbocycles. The number of hydrogen-bond acceptors (Lipinski definition) is 1. The summed E-state index contributed by atoms with van der Waals surface area (Å²) in [4.78, 5) is 0. The van der Waals surface area contributed by atoms with Gasteiger partial charge in [-0.25, -0.2) is 8.78 Å². The molecule has 0 amide bonds. The van der Waals surface area contributed by atoms with Gasteiger partial charge in [-0.3, -0.25) is 0 Å². The Kier molecular flexibility index (Phi) is 3.45. The summed E-state index contributed by atoms with van der Waals surface area (Å²) >= 11 is 6.34. The number of benzene rings is 2. The Hall–Kier alpha value is -1.87. The summed E-state index contributed by atoms with van der Waals surface area (Å²) in [6.45, 7) is 0. The van der Waals surface area contributed by atoms with Crippen LogP contribution in [0.1, 0.15) is 16.5 Å². The van der Waals surface area contributed by atoms with Crippen molar-refractivity contribution >= 4 is 22.6 Å². The third-order valence-corrected chi connectivity index (χ3v) is 3.67. The molecule has 20 heavy (non-hydrogen) atoms. The summed E-state index contributed by atoms with van der Waals surface area (Å²) in [7, 11) is 0. The van der Waals surface area contributed by atoms with E-state index < -0.39 is 17.0 Å². The Morgan fingerprint density at radius 3 is 2.70 bits per heavy atom. The minimum absolute atomic E-state index is 0.203. The van der Waals surface area contributed by atoms with Gasteiger partial charge in [-0.15, -0.1) is 11.6 Å². The fourth-order valence-electron chi connectivity index (χ4n) is 2.25. The van der Waals surface area contributed by atoms with Gasteiger partial charge in [0.1, 0.15) is 5.58 Å². The van der Waals surface area contributed by atoms with Crippen molar-refractivity contribution in [3.05, 3.63) is 71.5 Å². The van der Waals surface area contributed by atoms with E-state index >= 15 is 0 Å². The lowest BCUT2D eigenvalue weighted by Gasteiger charge is -2.09. The highest BCUT2D eigenvalue weighted by Gasteiger charge is 2.18. The molecule has 1 unspecified atom stereocenters. The molecule has 0 aliphatic carbocycles. The van der Waals surface area contributed by atoms with Crippen molar-refractivity contribution < 1.29 is 13.2 Å². The second kappa shape index (κ2) is 5.25. The quantitative estimate of drug-likeness (QED) is 0.602. The Labute approximate surface area is 119 Å². The summed E-state index contributed by atoms with van der Waals surface area (Å²) in [5, 5.41) is 0.416. The molecular weight excluding hydrogens is 282 g/mol. The van der Waals surface area contributed by atoms with Crippen LogP contribution in [0.2, 0.25) is 0 Å². The van der Waals surface area contributed by atoms with Crippen molar-refractivity contribution in [1.29, 1.82) is 0 Å². The monoisotopic (exact) mass is 292 g/mol. The molecule has 1 aromatic heterocycles. The van der Waals surface area contributed by atoms with E-state index in [0.717, 1.165) is 22.6 Å². The van der Waals surface area contributed by atoms with E-state index in [1.54, 1.807) is 6.26 Å². The number of halogens is 3. The van der Waals surface area contributed by atoms with Crippen LogP contribution in [-0.4, -0.2) is 0 Å². The van der Waals surface area contributed by atoms with Crippen molar-refractivity contribution in [3.8, 4) is 0 Å². The third kappa shape index (κ3) is 2.29. The first-order chi connectivity index (χ1) is 9.66. The van der Waals surface area contributed by atoms with Gasteiger partial charge in [-0.05, 0) is 24.1 Å². The van der Waals surface area contributed by atoms with Crippen LogP contribution < -0.4 is 0 Å². The van der Waals surface area contributed by atoms with Crippen LogP contribution in [0.5, 0.6) is 0 Å². The highest BCUT2D eigenvalue weighted by Crippen LogP contribution is 2.33. The van der Waals surface area contributed by atoms with Crippen LogP contribution in [0.3, 0.4) is 0 Å². The van der Waals surface area contributed by atoms with E-state index in [9.17, 15) is 8.78 Å². The first-order valence-corrected chi connectivity index (χ1v) is 6.63. The van der Waals surface area contributed by atoms with Crippen molar-refractivity contribution in [2.45, 2.75) is 11.8 Å². The maximum Gasteiger partial charge on any atom is 0.162 e. The number of para-hydroxylation sites is 1. The normalized spacial score (nSPS) is 12.8. The average molecular weight is 293 g/mol. The second-order valence-corrected chi connectivity index (χ2v) is 5.10. The molecular formula is C16H11ClF2O. The standard InChI is InChI=1S/C16H11ClF2O/c17-13(8-10-4-3-6-14(18)16(10)19)12-9-20-15-7-2-1-5-11(12)15/h1-7,9,13H,8H2. The molecule has 0 spiro atoms. The molecule has 1 nitrogen and oxygen atoms in total. The maximum absolute atomic E-state index is 13.7. The van der Waals surface area contributed by atoms with Crippen LogP contribution in [0.25, 0.3) is 11.0 Å². The van der Waals surface area contributed by atoms with Crippen LogP contribution in [0.4, 0.5) is 8.78 Å². The van der Waals surface area contributed by atoms with Gasteiger partial charge in [-0.1, -0.05) is 30.3 Å². The Bertz CT molecular complexity index is 751. The topological polar surface area (TPSA) is 13.1 Å². The number of fused-ring (bicyclic) bond motifs is 1. The predicted octanol–water partition coefficient (Wildman–Crippen LogP) is 5.23. The predicted molar refractivity (Wildman–Crippen MR) is 74.9 cm³/mol. The molecule has 1 heterocycles. The zero-order valence-corrected chi connectivity index (χ0v) is 11.2. The minimum atomic E-state index is -0.858. The average Bonchev–Trinajstić information content (AvgIpc) is 2.88. The molecule has 1 atom stereocenters. The Morgan fingerprint density at radius 2 is 1.85 bits per heavy atom. The van der Waals surface area contributed by atoms with Gasteiger partial charge >= 0.3 is 0 Å². The molecule has 4 heteroatoms. The largest absolute Gasteiger partial charge is 0.464 e. The van der Waals surface area contributed by atoms with Gasteiger partial charge in [0.2, 0.25) is 0 Å². The smallest absolute Gasteiger partial charge is 0.162 e. The van der Waals surface area contributed by atoms with Gasteiger partial charge in [-0.2, -0.15) is 0 Å². The highest BCUT2D eigenvalue weighted by molar-refractivity contribution is 6.21. The molecule has 0 fully saturated rings. The van der Waals surface area contributed by atoms with Crippen molar-refractivity contribution in [2.24, 2.45) is 0 Å². The minimum Gasteiger partial charge on any atom is -0.464 e. The molecule has 0 aliphatic rings. The molecule has 0 aliphatic heterocycles. The SMILES string of the molecule is Fc1cccc(CC(Cl)c2coc3ccccc23)c1F. The molecule has 0 N–H and O–H groups in total. The van der Waals surface area contributed by atoms with Gasteiger partial charge in [0.15, 0.2) is 11.6 Å². The van der Waals surface area contributed by atoms with Gasteiger partial charge in [0, 0.05) is 10.9 Å². The lowest BCUT2D eigenvalue weighted by atomic mass is 10.0. The Morgan fingerprint density at radius 1 is 1.05 bits per heavy atom. The van der Waals surface area contributed by atoms with Gasteiger partial charge < -0.3 is 4.42 Å². The van der Waals surface area contributed by atoms with Crippen molar-refractivity contribution in [3.63, 3.8) is 0 Å². The lowest BCUT2D eigenvalue weighted by Crippen LogP contribution is -1.99. The first kappa shape index (κ1) is 13.1. The van der Waals surface area contributed by atoms with Gasteiger partial charge in [0.05, 0.1) is 11.6 Å². The molecule has 0 saturated heterocycles. The summed E-state index contributed by atoms with van der Waals surface area (Å²) in [6, 6.07) is 11.6. The fourth-order valence-corrected chi connectivity index (χ4v) is 2.59. The van der Waals surface area contributed by atoms with E-state index in [4.69, 9.17) is 16.0 Å². The van der Waals surface area contributed by atoms with E-state index in [1.165, 1.54) is 12.1 Å². The molecule has 102 valence electrons. The second-order valence-electron chi connectivity index (χ2n) is 4.57. The Balaban J connectivity index is 1.93. The number of hydrogen-bond donors (Lipinski definition) is 0. The van der Waals surface area contributed by atoms with Crippen LogP contribution >= 0.6 is 11.6 Å². The zero-order chi connectivity index (χ0) is 14.1. The van der Waals surface area contributed by atoms with Crippen LogP contribution in [0, 0.1) is 11.6 Å². The van der Waals surface area contributed by atoms with Crippen molar-refractivity contribution in [1.82, 2.24) is 0 Å². The first-order valence-electron chi connectivity index (χ1n) is 6.20. The summed E-state index contributed by atoms with van der Waals surface area (Å²) in [5.74, 6) is -1.70. The highest BCUT2D eigenvalue weighted by atomic mass is 35.5. The molecule has 3 rings (SSSR count).